The Morgan fingerprint density at radius 2 is 1.93 bits per heavy atom. The maximum absolute atomic E-state index is 12.4. The van der Waals surface area contributed by atoms with E-state index in [2.05, 4.69) is 25.5 Å². The van der Waals surface area contributed by atoms with Crippen molar-refractivity contribution in [2.24, 2.45) is 0 Å². The Labute approximate surface area is 160 Å². The lowest BCUT2D eigenvalue weighted by molar-refractivity contribution is -0.274. The van der Waals surface area contributed by atoms with Crippen LogP contribution in [0.25, 0.3) is 0 Å². The molecule has 0 bridgehead atoms. The molecule has 0 atom stereocenters. The van der Waals surface area contributed by atoms with E-state index in [0.29, 0.717) is 5.76 Å². The highest BCUT2D eigenvalue weighted by Crippen LogP contribution is 2.26. The molecule has 0 aliphatic carbocycles. The number of hydrogen-bond donors (Lipinski definition) is 2. The molecule has 0 aliphatic rings. The molecule has 2 amide bonds. The van der Waals surface area contributed by atoms with Crippen molar-refractivity contribution in [1.29, 1.82) is 0 Å². The van der Waals surface area contributed by atoms with Crippen LogP contribution in [0.2, 0.25) is 0 Å². The minimum Gasteiger partial charge on any atom is -0.431 e. The fourth-order valence-corrected chi connectivity index (χ4v) is 2.21. The minimum absolute atomic E-state index is 0.00651. The molecule has 2 aromatic heterocycles. The molecule has 0 aliphatic heterocycles. The number of carbonyl (C=O) groups excluding carboxylic acids is 2. The lowest BCUT2D eigenvalue weighted by Gasteiger charge is -2.13. The average molecular weight is 410 g/mol. The second-order valence-electron chi connectivity index (χ2n) is 5.65. The third kappa shape index (κ3) is 5.34. The molecule has 3 aromatic rings. The highest BCUT2D eigenvalue weighted by molar-refractivity contribution is 6.02. The van der Waals surface area contributed by atoms with Gasteiger partial charge in [-0.1, -0.05) is 23.4 Å². The van der Waals surface area contributed by atoms with Crippen molar-refractivity contribution < 1.29 is 36.4 Å². The lowest BCUT2D eigenvalue weighted by atomic mass is 10.2. The summed E-state index contributed by atoms with van der Waals surface area (Å²) in [6, 6.07) is 6.50. The number of nitrogens with one attached hydrogen (secondary N) is 2. The van der Waals surface area contributed by atoms with Gasteiger partial charge in [-0.2, -0.15) is 4.98 Å². The van der Waals surface area contributed by atoms with E-state index in [1.54, 1.807) is 6.92 Å². The Kier molecular flexibility index (Phi) is 5.52. The first kappa shape index (κ1) is 19.9. The Hall–Kier alpha value is -3.83. The highest BCUT2D eigenvalue weighted by Gasteiger charge is 2.32. The molecule has 2 N–H and O–H groups in total. The Balaban J connectivity index is 1.60. The number of anilines is 1. The van der Waals surface area contributed by atoms with Gasteiger partial charge in [0.1, 0.15) is 17.8 Å². The number of carbonyl (C=O) groups is 2. The summed E-state index contributed by atoms with van der Waals surface area (Å²) in [7, 11) is 0. The van der Waals surface area contributed by atoms with E-state index in [-0.39, 0.29) is 29.5 Å². The molecule has 29 heavy (non-hydrogen) atoms. The first-order valence-electron chi connectivity index (χ1n) is 8.03. The number of oxazole rings is 1. The monoisotopic (exact) mass is 410 g/mol. The molecule has 9 nitrogen and oxygen atoms in total. The van der Waals surface area contributed by atoms with Crippen molar-refractivity contribution in [2.75, 3.05) is 5.32 Å². The summed E-state index contributed by atoms with van der Waals surface area (Å²) < 4.78 is 51.0. The molecule has 1 aromatic carbocycles. The number of aromatic nitrogens is 2. The number of para-hydroxylation sites is 1. The summed E-state index contributed by atoms with van der Waals surface area (Å²) in [5, 5.41) is 8.21. The number of benzene rings is 1. The van der Waals surface area contributed by atoms with Crippen LogP contribution in [0, 0.1) is 6.92 Å². The van der Waals surface area contributed by atoms with Crippen LogP contribution < -0.4 is 15.4 Å². The van der Waals surface area contributed by atoms with Gasteiger partial charge in [-0.3, -0.25) is 14.9 Å². The molecule has 0 saturated heterocycles. The normalized spacial score (nSPS) is 11.2. The second-order valence-corrected chi connectivity index (χ2v) is 5.65. The SMILES string of the molecule is Cc1cc(C(=O)Nc2nc(C(=O)NCc3ccccc3OC(F)(F)F)co2)no1. The maximum Gasteiger partial charge on any atom is 0.573 e. The number of alkyl halides is 3. The maximum atomic E-state index is 12.4. The van der Waals surface area contributed by atoms with E-state index in [9.17, 15) is 22.8 Å². The summed E-state index contributed by atoms with van der Waals surface area (Å²) >= 11 is 0. The number of nitrogens with zero attached hydrogens (tertiary/aromatic N) is 2. The van der Waals surface area contributed by atoms with Gasteiger partial charge in [-0.15, -0.1) is 13.2 Å². The topological polar surface area (TPSA) is 119 Å². The fourth-order valence-electron chi connectivity index (χ4n) is 2.21. The number of halogens is 3. The van der Waals surface area contributed by atoms with Crippen LogP contribution in [-0.2, 0) is 6.54 Å². The van der Waals surface area contributed by atoms with E-state index in [4.69, 9.17) is 8.94 Å². The zero-order chi connectivity index (χ0) is 21.0. The summed E-state index contributed by atoms with van der Waals surface area (Å²) in [6.45, 7) is 1.35. The van der Waals surface area contributed by atoms with Gasteiger partial charge in [0.25, 0.3) is 11.8 Å². The van der Waals surface area contributed by atoms with Crippen LogP contribution in [0.15, 0.2) is 45.5 Å². The van der Waals surface area contributed by atoms with E-state index in [0.717, 1.165) is 12.3 Å². The Morgan fingerprint density at radius 1 is 1.17 bits per heavy atom. The van der Waals surface area contributed by atoms with Crippen molar-refractivity contribution in [3.63, 3.8) is 0 Å². The predicted octanol–water partition coefficient (Wildman–Crippen LogP) is 3.05. The van der Waals surface area contributed by atoms with Gasteiger partial charge in [0.15, 0.2) is 11.4 Å². The molecule has 2 heterocycles. The third-order valence-electron chi connectivity index (χ3n) is 3.46. The van der Waals surface area contributed by atoms with Gasteiger partial charge in [-0.05, 0) is 13.0 Å². The quantitative estimate of drug-likeness (QED) is 0.641. The number of aryl methyl sites for hydroxylation is 1. The average Bonchev–Trinajstić information content (AvgIpc) is 3.28. The zero-order valence-corrected chi connectivity index (χ0v) is 14.7. The van der Waals surface area contributed by atoms with E-state index < -0.39 is 23.9 Å². The van der Waals surface area contributed by atoms with Crippen LogP contribution in [0.5, 0.6) is 5.75 Å². The first-order chi connectivity index (χ1) is 13.7. The lowest BCUT2D eigenvalue weighted by Crippen LogP contribution is -2.24. The van der Waals surface area contributed by atoms with E-state index in [1.165, 1.54) is 24.3 Å². The third-order valence-corrected chi connectivity index (χ3v) is 3.46. The molecule has 0 saturated carbocycles. The van der Waals surface area contributed by atoms with E-state index in [1.807, 2.05) is 0 Å². The minimum atomic E-state index is -4.86. The van der Waals surface area contributed by atoms with Crippen molar-refractivity contribution in [2.45, 2.75) is 19.8 Å². The Morgan fingerprint density at radius 3 is 2.62 bits per heavy atom. The zero-order valence-electron chi connectivity index (χ0n) is 14.7. The summed E-state index contributed by atoms with van der Waals surface area (Å²) in [4.78, 5) is 27.9. The van der Waals surface area contributed by atoms with Gasteiger partial charge in [0.2, 0.25) is 0 Å². The fraction of sp³-hybridized carbons (Fsp3) is 0.176. The highest BCUT2D eigenvalue weighted by atomic mass is 19.4. The van der Waals surface area contributed by atoms with Gasteiger partial charge in [0, 0.05) is 18.2 Å². The number of ether oxygens (including phenoxy) is 1. The molecule has 152 valence electrons. The standard InChI is InChI=1S/C17H13F3N4O5/c1-9-6-11(24-29-9)15(26)23-16-22-12(8-27-16)14(25)21-7-10-4-2-3-5-13(10)28-17(18,19)20/h2-6,8H,7H2,1H3,(H,21,25)(H,22,23,26). The molecule has 0 spiro atoms. The Bertz CT molecular complexity index is 1030. The van der Waals surface area contributed by atoms with Gasteiger partial charge in [-0.25, -0.2) is 0 Å². The summed E-state index contributed by atoms with van der Waals surface area (Å²) in [5.41, 5.74) is -0.0876. The molecule has 0 fully saturated rings. The van der Waals surface area contributed by atoms with Crippen LogP contribution in [0.3, 0.4) is 0 Å². The molecule has 12 heteroatoms. The van der Waals surface area contributed by atoms with Crippen molar-refractivity contribution >= 4 is 17.8 Å². The van der Waals surface area contributed by atoms with Crippen molar-refractivity contribution in [1.82, 2.24) is 15.5 Å². The molecule has 0 unspecified atom stereocenters. The largest absolute Gasteiger partial charge is 0.573 e. The van der Waals surface area contributed by atoms with Crippen LogP contribution in [-0.4, -0.2) is 28.3 Å². The predicted molar refractivity (Wildman–Crippen MR) is 90.0 cm³/mol. The smallest absolute Gasteiger partial charge is 0.431 e. The summed E-state index contributed by atoms with van der Waals surface area (Å²) in [5.74, 6) is -1.39. The summed E-state index contributed by atoms with van der Waals surface area (Å²) in [6.07, 6.45) is -3.88. The van der Waals surface area contributed by atoms with Crippen LogP contribution in [0.4, 0.5) is 19.2 Å². The first-order valence-corrected chi connectivity index (χ1v) is 8.03. The van der Waals surface area contributed by atoms with Gasteiger partial charge >= 0.3 is 12.4 Å². The van der Waals surface area contributed by atoms with Crippen LogP contribution in [0.1, 0.15) is 32.3 Å². The van der Waals surface area contributed by atoms with Crippen LogP contribution >= 0.6 is 0 Å². The number of hydrogen-bond acceptors (Lipinski definition) is 7. The molecule has 3 rings (SSSR count). The van der Waals surface area contributed by atoms with Gasteiger partial charge in [0.05, 0.1) is 0 Å². The van der Waals surface area contributed by atoms with Crippen molar-refractivity contribution in [3.05, 3.63) is 59.3 Å². The van der Waals surface area contributed by atoms with Gasteiger partial charge < -0.3 is 19.0 Å². The van der Waals surface area contributed by atoms with Crippen molar-refractivity contribution in [3.8, 4) is 5.75 Å². The molecular formula is C17H13F3N4O5. The second kappa shape index (κ2) is 8.04. The molecule has 0 radical (unpaired) electrons. The number of rotatable bonds is 6. The number of amides is 2. The van der Waals surface area contributed by atoms with E-state index >= 15 is 0 Å². The molecular weight excluding hydrogens is 397 g/mol.